The number of fused-ring (bicyclic) bond motifs is 1. The smallest absolute Gasteiger partial charge is 0.243 e. The minimum Gasteiger partial charge on any atom is -0.309 e. The van der Waals surface area contributed by atoms with Crippen molar-refractivity contribution < 1.29 is 22.0 Å². The number of anilines is 1. The normalized spacial score (nSPS) is 20.7. The number of para-hydroxylation sites is 1. The molecule has 1 amide bonds. The van der Waals surface area contributed by atoms with Gasteiger partial charge in [-0.25, -0.2) is 17.2 Å². The number of hydrogen-bond donors (Lipinski definition) is 0. The fourth-order valence-corrected chi connectivity index (χ4v) is 5.71. The molecule has 5 nitrogen and oxygen atoms in total. The Kier molecular flexibility index (Phi) is 5.16. The third kappa shape index (κ3) is 3.55. The Balaban J connectivity index is 1.47. The van der Waals surface area contributed by atoms with Gasteiger partial charge in [0.05, 0.1) is 4.90 Å². The van der Waals surface area contributed by atoms with Gasteiger partial charge in [0.2, 0.25) is 15.9 Å². The van der Waals surface area contributed by atoms with Crippen LogP contribution in [0.4, 0.5) is 14.5 Å². The Morgan fingerprint density at radius 1 is 1.03 bits per heavy atom. The van der Waals surface area contributed by atoms with E-state index in [4.69, 9.17) is 0 Å². The molecule has 0 spiro atoms. The molecule has 0 aliphatic carbocycles. The summed E-state index contributed by atoms with van der Waals surface area (Å²) in [4.78, 5) is 14.7. The minimum absolute atomic E-state index is 0.0207. The van der Waals surface area contributed by atoms with Gasteiger partial charge < -0.3 is 4.90 Å². The summed E-state index contributed by atoms with van der Waals surface area (Å²) in [5, 5.41) is 0. The van der Waals surface area contributed by atoms with Gasteiger partial charge in [-0.15, -0.1) is 0 Å². The van der Waals surface area contributed by atoms with E-state index in [0.717, 1.165) is 29.8 Å². The number of carbonyl (C=O) groups excluding carboxylic acids is 1. The maximum absolute atomic E-state index is 13.5. The van der Waals surface area contributed by atoms with E-state index in [1.165, 1.54) is 4.31 Å². The quantitative estimate of drug-likeness (QED) is 0.765. The second-order valence-electron chi connectivity index (χ2n) is 7.64. The fraction of sp³-hybridized carbons (Fsp3) is 0.381. The average Bonchev–Trinajstić information content (AvgIpc) is 3.05. The fourth-order valence-electron chi connectivity index (χ4n) is 4.23. The van der Waals surface area contributed by atoms with Gasteiger partial charge in [-0.05, 0) is 56.0 Å². The second-order valence-corrected chi connectivity index (χ2v) is 9.58. The number of carbonyl (C=O) groups is 1. The molecule has 0 aromatic heterocycles. The zero-order chi connectivity index (χ0) is 20.8. The van der Waals surface area contributed by atoms with Gasteiger partial charge >= 0.3 is 0 Å². The van der Waals surface area contributed by atoms with E-state index in [2.05, 4.69) is 0 Å². The monoisotopic (exact) mass is 420 g/mol. The number of hydrogen-bond acceptors (Lipinski definition) is 3. The van der Waals surface area contributed by atoms with Crippen LogP contribution in [0.25, 0.3) is 0 Å². The van der Waals surface area contributed by atoms with E-state index in [0.29, 0.717) is 18.9 Å². The van der Waals surface area contributed by atoms with Gasteiger partial charge in [-0.3, -0.25) is 4.79 Å². The van der Waals surface area contributed by atoms with Crippen molar-refractivity contribution >= 4 is 21.6 Å². The van der Waals surface area contributed by atoms with Crippen LogP contribution in [0.1, 0.15) is 25.3 Å². The van der Waals surface area contributed by atoms with E-state index < -0.39 is 21.7 Å². The van der Waals surface area contributed by atoms with Crippen molar-refractivity contribution in [3.63, 3.8) is 0 Å². The summed E-state index contributed by atoms with van der Waals surface area (Å²) < 4.78 is 53.3. The SMILES string of the molecule is C[C@@H]1Cc2ccccc2N1C(=O)C1CCN(S(=O)(=O)c2ccc(F)c(F)c2)CC1. The van der Waals surface area contributed by atoms with E-state index in [9.17, 15) is 22.0 Å². The van der Waals surface area contributed by atoms with Crippen LogP contribution in [0.3, 0.4) is 0 Å². The Hall–Kier alpha value is -2.32. The van der Waals surface area contributed by atoms with E-state index >= 15 is 0 Å². The molecular formula is C21H22F2N2O3S. The predicted molar refractivity (Wildman–Crippen MR) is 105 cm³/mol. The molecule has 2 heterocycles. The highest BCUT2D eigenvalue weighted by Gasteiger charge is 2.38. The van der Waals surface area contributed by atoms with Gasteiger partial charge in [0, 0.05) is 30.7 Å². The first-order valence-electron chi connectivity index (χ1n) is 9.65. The van der Waals surface area contributed by atoms with Crippen LogP contribution < -0.4 is 4.90 Å². The highest BCUT2D eigenvalue weighted by atomic mass is 32.2. The number of amides is 1. The minimum atomic E-state index is -3.93. The number of rotatable bonds is 3. The van der Waals surface area contributed by atoms with Crippen LogP contribution in [0.5, 0.6) is 0 Å². The van der Waals surface area contributed by atoms with Gasteiger partial charge in [0.15, 0.2) is 11.6 Å². The molecule has 2 aliphatic heterocycles. The first-order valence-corrected chi connectivity index (χ1v) is 11.1. The average molecular weight is 420 g/mol. The van der Waals surface area contributed by atoms with Crippen molar-refractivity contribution in [3.8, 4) is 0 Å². The molecule has 0 radical (unpaired) electrons. The molecule has 2 aromatic carbocycles. The zero-order valence-electron chi connectivity index (χ0n) is 16.0. The van der Waals surface area contributed by atoms with Gasteiger partial charge in [-0.1, -0.05) is 18.2 Å². The lowest BCUT2D eigenvalue weighted by molar-refractivity contribution is -0.123. The first kappa shape index (κ1) is 20.0. The predicted octanol–water partition coefficient (Wildman–Crippen LogP) is 3.34. The first-order chi connectivity index (χ1) is 13.8. The van der Waals surface area contributed by atoms with Gasteiger partial charge in [0.25, 0.3) is 0 Å². The van der Waals surface area contributed by atoms with Crippen LogP contribution in [0.15, 0.2) is 47.4 Å². The highest BCUT2D eigenvalue weighted by Crippen LogP contribution is 2.35. The lowest BCUT2D eigenvalue weighted by Gasteiger charge is -2.34. The number of sulfonamides is 1. The third-order valence-electron chi connectivity index (χ3n) is 5.78. The standard InChI is InChI=1S/C21H22F2N2O3S/c1-14-12-16-4-2-3-5-20(16)25(14)21(26)15-8-10-24(11-9-15)29(27,28)17-6-7-18(22)19(23)13-17/h2-7,13-15H,8-12H2,1H3/t14-/m1/s1. The summed E-state index contributed by atoms with van der Waals surface area (Å²) in [6, 6.07) is 10.5. The molecule has 0 N–H and O–H groups in total. The van der Waals surface area contributed by atoms with Crippen molar-refractivity contribution in [3.05, 3.63) is 59.7 Å². The molecule has 2 aromatic rings. The Morgan fingerprint density at radius 2 is 1.72 bits per heavy atom. The zero-order valence-corrected chi connectivity index (χ0v) is 16.8. The van der Waals surface area contributed by atoms with Crippen LogP contribution >= 0.6 is 0 Å². The summed E-state index contributed by atoms with van der Waals surface area (Å²) >= 11 is 0. The number of piperidine rings is 1. The molecule has 154 valence electrons. The Bertz CT molecular complexity index is 1050. The molecule has 1 atom stereocenters. The van der Waals surface area contributed by atoms with Crippen molar-refractivity contribution in [1.29, 1.82) is 0 Å². The van der Waals surface area contributed by atoms with Crippen molar-refractivity contribution in [2.45, 2.75) is 37.1 Å². The van der Waals surface area contributed by atoms with Gasteiger partial charge in [0.1, 0.15) is 0 Å². The van der Waals surface area contributed by atoms with Gasteiger partial charge in [-0.2, -0.15) is 4.31 Å². The summed E-state index contributed by atoms with van der Waals surface area (Å²) in [6.45, 7) is 2.35. The van der Waals surface area contributed by atoms with Crippen LogP contribution in [0.2, 0.25) is 0 Å². The molecule has 29 heavy (non-hydrogen) atoms. The Labute approximate surface area is 169 Å². The number of benzene rings is 2. The van der Waals surface area contributed by atoms with Crippen LogP contribution in [-0.4, -0.2) is 37.8 Å². The highest BCUT2D eigenvalue weighted by molar-refractivity contribution is 7.89. The molecule has 0 bridgehead atoms. The van der Waals surface area contributed by atoms with E-state index in [-0.39, 0.29) is 35.9 Å². The Morgan fingerprint density at radius 3 is 2.41 bits per heavy atom. The number of nitrogens with zero attached hydrogens (tertiary/aromatic N) is 2. The molecule has 0 saturated carbocycles. The lowest BCUT2D eigenvalue weighted by atomic mass is 9.96. The van der Waals surface area contributed by atoms with E-state index in [1.807, 2.05) is 36.1 Å². The molecule has 1 fully saturated rings. The summed E-state index contributed by atoms with van der Waals surface area (Å²) in [5.41, 5.74) is 2.08. The second kappa shape index (κ2) is 7.50. The summed E-state index contributed by atoms with van der Waals surface area (Å²) in [7, 11) is -3.93. The van der Waals surface area contributed by atoms with Crippen molar-refractivity contribution in [2.24, 2.45) is 5.92 Å². The maximum Gasteiger partial charge on any atom is 0.243 e. The van der Waals surface area contributed by atoms with Crippen molar-refractivity contribution in [1.82, 2.24) is 4.31 Å². The largest absolute Gasteiger partial charge is 0.309 e. The topological polar surface area (TPSA) is 57.7 Å². The molecular weight excluding hydrogens is 398 g/mol. The molecule has 1 saturated heterocycles. The van der Waals surface area contributed by atoms with Crippen LogP contribution in [0, 0.1) is 17.6 Å². The summed E-state index contributed by atoms with van der Waals surface area (Å²) in [5.74, 6) is -2.53. The molecule has 4 rings (SSSR count). The molecule has 0 unspecified atom stereocenters. The van der Waals surface area contributed by atoms with E-state index in [1.54, 1.807) is 0 Å². The maximum atomic E-state index is 13.5. The summed E-state index contributed by atoms with van der Waals surface area (Å²) in [6.07, 6.45) is 1.60. The lowest BCUT2D eigenvalue weighted by Crippen LogP contribution is -2.46. The van der Waals surface area contributed by atoms with Crippen molar-refractivity contribution in [2.75, 3.05) is 18.0 Å². The molecule has 8 heteroatoms. The third-order valence-corrected chi connectivity index (χ3v) is 7.67. The number of halogens is 2. The molecule has 2 aliphatic rings. The van der Waals surface area contributed by atoms with Crippen LogP contribution in [-0.2, 0) is 21.2 Å².